The number of piperidine rings is 1. The summed E-state index contributed by atoms with van der Waals surface area (Å²) in [5, 5.41) is 2.76. The molecule has 3 heterocycles. The minimum absolute atomic E-state index is 0.0783. The maximum absolute atomic E-state index is 13.8. The molecular weight excluding hydrogens is 377 g/mol. The first kappa shape index (κ1) is 19.4. The highest BCUT2D eigenvalue weighted by molar-refractivity contribution is 6.04. The molecule has 29 heavy (non-hydrogen) atoms. The molecule has 0 unspecified atom stereocenters. The number of nitrogens with zero attached hydrogens (tertiary/aromatic N) is 3. The summed E-state index contributed by atoms with van der Waals surface area (Å²) in [7, 11) is 0. The SMILES string of the molecule is C=CC(=O)N1CCC(Oc2cnc3[nH]cc(C(=O)N[C@@H]4CCC[C@@H]4F)c3n2)CC1. The maximum atomic E-state index is 13.8. The number of rotatable bonds is 5. The van der Waals surface area contributed by atoms with Gasteiger partial charge < -0.3 is 19.9 Å². The summed E-state index contributed by atoms with van der Waals surface area (Å²) in [5.74, 6) is -0.122. The van der Waals surface area contributed by atoms with Crippen molar-refractivity contribution in [2.45, 2.75) is 50.4 Å². The fourth-order valence-corrected chi connectivity index (χ4v) is 3.92. The molecule has 2 aromatic heterocycles. The monoisotopic (exact) mass is 401 g/mol. The highest BCUT2D eigenvalue weighted by atomic mass is 19.1. The molecule has 0 aromatic carbocycles. The lowest BCUT2D eigenvalue weighted by atomic mass is 10.1. The average Bonchev–Trinajstić information content (AvgIpc) is 3.34. The van der Waals surface area contributed by atoms with Crippen LogP contribution in [0, 0.1) is 0 Å². The summed E-state index contributed by atoms with van der Waals surface area (Å²) in [6.45, 7) is 4.69. The summed E-state index contributed by atoms with van der Waals surface area (Å²) < 4.78 is 19.8. The van der Waals surface area contributed by atoms with Crippen LogP contribution in [0.15, 0.2) is 25.0 Å². The van der Waals surface area contributed by atoms with Crippen molar-refractivity contribution in [3.05, 3.63) is 30.6 Å². The largest absolute Gasteiger partial charge is 0.473 e. The summed E-state index contributed by atoms with van der Waals surface area (Å²) >= 11 is 0. The number of fused-ring (bicyclic) bond motifs is 1. The Morgan fingerprint density at radius 1 is 1.31 bits per heavy atom. The molecule has 1 aliphatic carbocycles. The predicted molar refractivity (Wildman–Crippen MR) is 104 cm³/mol. The van der Waals surface area contributed by atoms with Crippen LogP contribution in [0.4, 0.5) is 4.39 Å². The normalized spacial score (nSPS) is 22.6. The van der Waals surface area contributed by atoms with Gasteiger partial charge in [0.15, 0.2) is 5.65 Å². The van der Waals surface area contributed by atoms with Gasteiger partial charge in [0.25, 0.3) is 5.91 Å². The molecule has 1 saturated heterocycles. The lowest BCUT2D eigenvalue weighted by Gasteiger charge is -2.31. The van der Waals surface area contributed by atoms with Crippen molar-refractivity contribution in [1.29, 1.82) is 0 Å². The fraction of sp³-hybridized carbons (Fsp3) is 0.500. The van der Waals surface area contributed by atoms with Crippen molar-refractivity contribution in [2.24, 2.45) is 0 Å². The Balaban J connectivity index is 1.44. The van der Waals surface area contributed by atoms with Crippen LogP contribution in [-0.2, 0) is 4.79 Å². The van der Waals surface area contributed by atoms with Crippen molar-refractivity contribution in [3.8, 4) is 5.88 Å². The van der Waals surface area contributed by atoms with Gasteiger partial charge in [-0.25, -0.2) is 14.4 Å². The number of hydrogen-bond acceptors (Lipinski definition) is 5. The van der Waals surface area contributed by atoms with E-state index in [1.807, 2.05) is 0 Å². The zero-order valence-corrected chi connectivity index (χ0v) is 16.1. The predicted octanol–water partition coefficient (Wildman–Crippen LogP) is 2.13. The molecule has 8 nitrogen and oxygen atoms in total. The summed E-state index contributed by atoms with van der Waals surface area (Å²) in [6, 6.07) is -0.455. The van der Waals surface area contributed by atoms with Gasteiger partial charge in [-0.3, -0.25) is 9.59 Å². The Morgan fingerprint density at radius 2 is 2.10 bits per heavy atom. The van der Waals surface area contributed by atoms with Gasteiger partial charge in [0.05, 0.1) is 17.8 Å². The van der Waals surface area contributed by atoms with E-state index in [1.165, 1.54) is 18.5 Å². The highest BCUT2D eigenvalue weighted by Gasteiger charge is 2.29. The summed E-state index contributed by atoms with van der Waals surface area (Å²) in [5.41, 5.74) is 1.19. The Morgan fingerprint density at radius 3 is 2.79 bits per heavy atom. The first-order chi connectivity index (χ1) is 14.0. The number of H-pyrrole nitrogens is 1. The van der Waals surface area contributed by atoms with Crippen LogP contribution in [-0.4, -0.2) is 63.1 Å². The Hall–Kier alpha value is -2.97. The number of amides is 2. The molecule has 1 aliphatic heterocycles. The molecule has 0 spiro atoms. The third-order valence-electron chi connectivity index (χ3n) is 5.57. The maximum Gasteiger partial charge on any atom is 0.255 e. The van der Waals surface area contributed by atoms with E-state index < -0.39 is 12.2 Å². The highest BCUT2D eigenvalue weighted by Crippen LogP contribution is 2.24. The van der Waals surface area contributed by atoms with Gasteiger partial charge in [0.1, 0.15) is 17.8 Å². The van der Waals surface area contributed by atoms with E-state index in [0.717, 1.165) is 6.42 Å². The molecule has 9 heteroatoms. The molecule has 4 rings (SSSR count). The van der Waals surface area contributed by atoms with Crippen LogP contribution in [0.2, 0.25) is 0 Å². The average molecular weight is 401 g/mol. The summed E-state index contributed by atoms with van der Waals surface area (Å²) in [4.78, 5) is 37.7. The molecule has 0 radical (unpaired) electrons. The van der Waals surface area contributed by atoms with E-state index in [9.17, 15) is 14.0 Å². The van der Waals surface area contributed by atoms with Gasteiger partial charge in [0, 0.05) is 32.1 Å². The number of carbonyl (C=O) groups is 2. The number of hydrogen-bond donors (Lipinski definition) is 2. The zero-order valence-electron chi connectivity index (χ0n) is 16.1. The Kier molecular flexibility index (Phi) is 5.46. The molecular formula is C20H24FN5O3. The molecule has 0 bridgehead atoms. The van der Waals surface area contributed by atoms with Crippen molar-refractivity contribution < 1.29 is 18.7 Å². The van der Waals surface area contributed by atoms with Gasteiger partial charge in [-0.05, 0) is 25.3 Å². The van der Waals surface area contributed by atoms with Crippen LogP contribution in [0.5, 0.6) is 5.88 Å². The minimum atomic E-state index is -1.01. The number of ether oxygens (including phenoxy) is 1. The second-order valence-electron chi connectivity index (χ2n) is 7.48. The van der Waals surface area contributed by atoms with Crippen molar-refractivity contribution in [1.82, 2.24) is 25.2 Å². The van der Waals surface area contributed by atoms with Gasteiger partial charge in [-0.1, -0.05) is 6.58 Å². The zero-order chi connectivity index (χ0) is 20.4. The van der Waals surface area contributed by atoms with E-state index in [-0.39, 0.29) is 17.9 Å². The molecule has 2 aromatic rings. The molecule has 154 valence electrons. The van der Waals surface area contributed by atoms with E-state index in [1.54, 1.807) is 4.90 Å². The minimum Gasteiger partial charge on any atom is -0.473 e. The van der Waals surface area contributed by atoms with E-state index >= 15 is 0 Å². The number of alkyl halides is 1. The van der Waals surface area contributed by atoms with Gasteiger partial charge in [-0.15, -0.1) is 0 Å². The number of carbonyl (C=O) groups excluding carboxylic acids is 2. The standard InChI is InChI=1S/C20H24FN5O3/c1-2-17(27)26-8-6-12(7-9-26)29-16-11-23-19-18(25-16)13(10-22-19)20(28)24-15-5-3-4-14(15)21/h2,10-12,14-15H,1,3-9H2,(H,22,23)(H,24,28)/t14-,15+/m0/s1. The van der Waals surface area contributed by atoms with Crippen LogP contribution >= 0.6 is 0 Å². The molecule has 2 atom stereocenters. The first-order valence-corrected chi connectivity index (χ1v) is 9.92. The quantitative estimate of drug-likeness (QED) is 0.748. The lowest BCUT2D eigenvalue weighted by Crippen LogP contribution is -2.41. The number of nitrogens with one attached hydrogen (secondary N) is 2. The van der Waals surface area contributed by atoms with Gasteiger partial charge >= 0.3 is 0 Å². The topological polar surface area (TPSA) is 100 Å². The van der Waals surface area contributed by atoms with Crippen LogP contribution in [0.1, 0.15) is 42.5 Å². The molecule has 2 fully saturated rings. The van der Waals surface area contributed by atoms with Gasteiger partial charge in [0.2, 0.25) is 11.8 Å². The number of aromatic amines is 1. The smallest absolute Gasteiger partial charge is 0.255 e. The Bertz CT molecular complexity index is 922. The lowest BCUT2D eigenvalue weighted by molar-refractivity contribution is -0.127. The third kappa shape index (κ3) is 4.08. The second kappa shape index (κ2) is 8.18. The summed E-state index contributed by atoms with van der Waals surface area (Å²) in [6.07, 6.45) is 6.52. The van der Waals surface area contributed by atoms with Crippen LogP contribution in [0.25, 0.3) is 11.2 Å². The van der Waals surface area contributed by atoms with Crippen LogP contribution < -0.4 is 10.1 Å². The van der Waals surface area contributed by atoms with Crippen molar-refractivity contribution in [2.75, 3.05) is 13.1 Å². The van der Waals surface area contributed by atoms with E-state index in [2.05, 4.69) is 26.8 Å². The Labute approximate surface area is 167 Å². The van der Waals surface area contributed by atoms with Gasteiger partial charge in [-0.2, -0.15) is 0 Å². The van der Waals surface area contributed by atoms with Crippen molar-refractivity contribution in [3.63, 3.8) is 0 Å². The van der Waals surface area contributed by atoms with E-state index in [0.29, 0.717) is 61.4 Å². The second-order valence-corrected chi connectivity index (χ2v) is 7.48. The van der Waals surface area contributed by atoms with E-state index in [4.69, 9.17) is 4.74 Å². The first-order valence-electron chi connectivity index (χ1n) is 9.92. The number of aromatic nitrogens is 3. The number of likely N-dealkylation sites (tertiary alicyclic amines) is 1. The molecule has 2 amide bonds. The molecule has 2 aliphatic rings. The van der Waals surface area contributed by atoms with Crippen molar-refractivity contribution >= 4 is 23.0 Å². The molecule has 1 saturated carbocycles. The fourth-order valence-electron chi connectivity index (χ4n) is 3.92. The number of halogens is 1. The molecule has 2 N–H and O–H groups in total. The van der Waals surface area contributed by atoms with Crippen LogP contribution in [0.3, 0.4) is 0 Å². The third-order valence-corrected chi connectivity index (χ3v) is 5.57.